The van der Waals surface area contributed by atoms with E-state index in [0.717, 1.165) is 16.9 Å². The van der Waals surface area contributed by atoms with Gasteiger partial charge in [0.1, 0.15) is 18.2 Å². The van der Waals surface area contributed by atoms with E-state index >= 15 is 0 Å². The highest BCUT2D eigenvalue weighted by atomic mass is 19.1. The van der Waals surface area contributed by atoms with E-state index in [2.05, 4.69) is 5.32 Å². The van der Waals surface area contributed by atoms with Gasteiger partial charge in [-0.2, -0.15) is 0 Å². The van der Waals surface area contributed by atoms with Crippen molar-refractivity contribution in [1.29, 1.82) is 0 Å². The monoisotopic (exact) mass is 207 g/mol. The molecule has 1 unspecified atom stereocenters. The summed E-state index contributed by atoms with van der Waals surface area (Å²) in [6, 6.07) is 3.92. The van der Waals surface area contributed by atoms with Crippen molar-refractivity contribution < 1.29 is 9.13 Å². The maximum atomic E-state index is 13.3. The first-order valence-electron chi connectivity index (χ1n) is 5.43. The van der Waals surface area contributed by atoms with Crippen LogP contribution in [0, 0.1) is 12.7 Å². The van der Waals surface area contributed by atoms with Gasteiger partial charge in [-0.25, -0.2) is 4.39 Å². The van der Waals surface area contributed by atoms with Gasteiger partial charge in [-0.15, -0.1) is 0 Å². The number of aryl methyl sites for hydroxylation is 1. The van der Waals surface area contributed by atoms with Crippen molar-refractivity contribution in [1.82, 2.24) is 5.32 Å². The lowest BCUT2D eigenvalue weighted by Crippen LogP contribution is -2.24. The van der Waals surface area contributed by atoms with Crippen LogP contribution in [0.2, 0.25) is 0 Å². The third-order valence-corrected chi connectivity index (χ3v) is 3.05. The Kier molecular flexibility index (Phi) is 1.96. The van der Waals surface area contributed by atoms with Crippen LogP contribution in [0.1, 0.15) is 30.0 Å². The van der Waals surface area contributed by atoms with Gasteiger partial charge in [0.25, 0.3) is 0 Å². The van der Waals surface area contributed by atoms with Crippen molar-refractivity contribution in [2.24, 2.45) is 0 Å². The second-order valence-electron chi connectivity index (χ2n) is 4.45. The fourth-order valence-corrected chi connectivity index (χ4v) is 2.14. The van der Waals surface area contributed by atoms with Crippen LogP contribution in [0.3, 0.4) is 0 Å². The third kappa shape index (κ3) is 1.61. The number of benzene rings is 1. The van der Waals surface area contributed by atoms with Gasteiger partial charge in [0.15, 0.2) is 0 Å². The molecule has 2 aliphatic rings. The highest BCUT2D eigenvalue weighted by Gasteiger charge is 2.31. The minimum absolute atomic E-state index is 0.167. The molecule has 1 atom stereocenters. The molecule has 0 radical (unpaired) electrons. The highest BCUT2D eigenvalue weighted by molar-refractivity contribution is 5.46. The zero-order chi connectivity index (χ0) is 10.4. The van der Waals surface area contributed by atoms with Gasteiger partial charge in [0, 0.05) is 11.6 Å². The Morgan fingerprint density at radius 1 is 1.40 bits per heavy atom. The van der Waals surface area contributed by atoms with Crippen LogP contribution in [0.25, 0.3) is 0 Å². The van der Waals surface area contributed by atoms with Crippen molar-refractivity contribution in [2.75, 3.05) is 6.61 Å². The molecule has 0 bridgehead atoms. The smallest absolute Gasteiger partial charge is 0.127 e. The Labute approximate surface area is 88.4 Å². The zero-order valence-electron chi connectivity index (χ0n) is 8.72. The molecule has 1 aliphatic carbocycles. The fraction of sp³-hybridized carbons (Fsp3) is 0.500. The predicted molar refractivity (Wildman–Crippen MR) is 55.5 cm³/mol. The van der Waals surface area contributed by atoms with Gasteiger partial charge in [-0.1, -0.05) is 0 Å². The number of halogens is 1. The Bertz CT molecular complexity index is 401. The average Bonchev–Trinajstić information content (AvgIpc) is 2.89. The molecule has 1 aromatic rings. The van der Waals surface area contributed by atoms with Gasteiger partial charge in [-0.05, 0) is 37.5 Å². The third-order valence-electron chi connectivity index (χ3n) is 3.05. The molecular formula is C12H14FNO. The summed E-state index contributed by atoms with van der Waals surface area (Å²) in [5.74, 6) is 0.703. The largest absolute Gasteiger partial charge is 0.491 e. The first-order valence-corrected chi connectivity index (χ1v) is 5.43. The normalized spacial score (nSPS) is 23.7. The summed E-state index contributed by atoms with van der Waals surface area (Å²) in [6.45, 7) is 2.53. The summed E-state index contributed by atoms with van der Waals surface area (Å²) in [7, 11) is 0. The number of ether oxygens (including phenoxy) is 1. The van der Waals surface area contributed by atoms with Crippen LogP contribution in [0.15, 0.2) is 12.1 Å². The topological polar surface area (TPSA) is 21.3 Å². The number of hydrogen-bond donors (Lipinski definition) is 1. The molecule has 1 heterocycles. The molecule has 0 aromatic heterocycles. The summed E-state index contributed by atoms with van der Waals surface area (Å²) in [5, 5.41) is 3.47. The summed E-state index contributed by atoms with van der Waals surface area (Å²) in [6.07, 6.45) is 2.47. The number of fused-ring (bicyclic) bond motifs is 1. The van der Waals surface area contributed by atoms with E-state index in [4.69, 9.17) is 4.74 Å². The van der Waals surface area contributed by atoms with Gasteiger partial charge in [-0.3, -0.25) is 0 Å². The van der Waals surface area contributed by atoms with Crippen molar-refractivity contribution in [3.63, 3.8) is 0 Å². The summed E-state index contributed by atoms with van der Waals surface area (Å²) in [4.78, 5) is 0. The van der Waals surface area contributed by atoms with Crippen LogP contribution in [0.4, 0.5) is 4.39 Å². The molecule has 1 aliphatic heterocycles. The lowest BCUT2D eigenvalue weighted by molar-refractivity contribution is 0.309. The number of rotatable bonds is 2. The molecule has 1 aromatic carbocycles. The van der Waals surface area contributed by atoms with Gasteiger partial charge < -0.3 is 10.1 Å². The van der Waals surface area contributed by atoms with Crippen molar-refractivity contribution in [2.45, 2.75) is 31.8 Å². The van der Waals surface area contributed by atoms with E-state index in [-0.39, 0.29) is 11.9 Å². The zero-order valence-corrected chi connectivity index (χ0v) is 8.72. The van der Waals surface area contributed by atoms with Crippen LogP contribution in [-0.2, 0) is 0 Å². The standard InChI is InChI=1S/C12H14FNO/c1-7-4-8(13)5-10-11(6-15-12(7)10)14-9-2-3-9/h4-5,9,11,14H,2-3,6H2,1H3. The fourth-order valence-electron chi connectivity index (χ4n) is 2.14. The molecule has 1 N–H and O–H groups in total. The van der Waals surface area contributed by atoms with Crippen LogP contribution in [-0.4, -0.2) is 12.6 Å². The van der Waals surface area contributed by atoms with Crippen molar-refractivity contribution >= 4 is 0 Å². The van der Waals surface area contributed by atoms with E-state index in [1.165, 1.54) is 18.9 Å². The summed E-state index contributed by atoms with van der Waals surface area (Å²) in [5.41, 5.74) is 1.88. The maximum Gasteiger partial charge on any atom is 0.127 e. The maximum absolute atomic E-state index is 13.3. The molecule has 0 spiro atoms. The quantitative estimate of drug-likeness (QED) is 0.803. The molecule has 3 rings (SSSR count). The van der Waals surface area contributed by atoms with Gasteiger partial charge in [0.05, 0.1) is 6.04 Å². The molecule has 3 heteroatoms. The highest BCUT2D eigenvalue weighted by Crippen LogP contribution is 2.37. The van der Waals surface area contributed by atoms with Gasteiger partial charge >= 0.3 is 0 Å². The summed E-state index contributed by atoms with van der Waals surface area (Å²) >= 11 is 0. The van der Waals surface area contributed by atoms with Crippen molar-refractivity contribution in [3.8, 4) is 5.75 Å². The lowest BCUT2D eigenvalue weighted by atomic mass is 10.1. The van der Waals surface area contributed by atoms with Crippen LogP contribution >= 0.6 is 0 Å². The Balaban J connectivity index is 1.93. The van der Waals surface area contributed by atoms with Crippen molar-refractivity contribution in [3.05, 3.63) is 29.1 Å². The SMILES string of the molecule is Cc1cc(F)cc2c1OCC2NC1CC1. The second kappa shape index (κ2) is 3.20. The second-order valence-corrected chi connectivity index (χ2v) is 4.45. The number of nitrogens with one attached hydrogen (secondary N) is 1. The van der Waals surface area contributed by atoms with Crippen LogP contribution < -0.4 is 10.1 Å². The molecule has 0 saturated heterocycles. The molecule has 1 fully saturated rings. The van der Waals surface area contributed by atoms with E-state index in [1.807, 2.05) is 6.92 Å². The molecule has 1 saturated carbocycles. The van der Waals surface area contributed by atoms with E-state index < -0.39 is 0 Å². The Hall–Kier alpha value is -1.09. The summed E-state index contributed by atoms with van der Waals surface area (Å²) < 4.78 is 18.9. The minimum atomic E-state index is -0.167. The minimum Gasteiger partial charge on any atom is -0.491 e. The first kappa shape index (κ1) is 9.16. The molecule has 80 valence electrons. The molecule has 2 nitrogen and oxygen atoms in total. The molecule has 15 heavy (non-hydrogen) atoms. The molecule has 0 amide bonds. The Morgan fingerprint density at radius 2 is 2.20 bits per heavy atom. The Morgan fingerprint density at radius 3 is 2.93 bits per heavy atom. The first-order chi connectivity index (χ1) is 7.24. The average molecular weight is 207 g/mol. The van der Waals surface area contributed by atoms with E-state index in [0.29, 0.717) is 12.6 Å². The number of hydrogen-bond acceptors (Lipinski definition) is 2. The molecular weight excluding hydrogens is 193 g/mol. The lowest BCUT2D eigenvalue weighted by Gasteiger charge is -2.10. The van der Waals surface area contributed by atoms with E-state index in [9.17, 15) is 4.39 Å². The van der Waals surface area contributed by atoms with Gasteiger partial charge in [0.2, 0.25) is 0 Å². The van der Waals surface area contributed by atoms with Crippen LogP contribution in [0.5, 0.6) is 5.75 Å². The predicted octanol–water partition coefficient (Wildman–Crippen LogP) is 2.32. The van der Waals surface area contributed by atoms with E-state index in [1.54, 1.807) is 6.07 Å².